The second-order valence-corrected chi connectivity index (χ2v) is 1.95. The van der Waals surface area contributed by atoms with E-state index >= 15 is 0 Å². The smallest absolute Gasteiger partial charge is 0.0553 e. The second kappa shape index (κ2) is 16.6. The van der Waals surface area contributed by atoms with E-state index in [2.05, 4.69) is 0 Å². The number of rotatable bonds is 3. The zero-order valence-electron chi connectivity index (χ0n) is 7.90. The molecule has 0 aliphatic carbocycles. The summed E-state index contributed by atoms with van der Waals surface area (Å²) in [5.41, 5.74) is 4.78. The van der Waals surface area contributed by atoms with Gasteiger partial charge in [0, 0.05) is 6.54 Å². The van der Waals surface area contributed by atoms with Crippen LogP contribution in [0.2, 0.25) is 0 Å². The van der Waals surface area contributed by atoms with E-state index in [9.17, 15) is 0 Å². The normalized spacial score (nSPS) is 11.0. The molecule has 3 N–H and O–H groups in total. The van der Waals surface area contributed by atoms with Crippen molar-refractivity contribution in [2.75, 3.05) is 13.2 Å². The molecule has 0 aliphatic heterocycles. The molecule has 0 spiro atoms. The first-order valence-electron chi connectivity index (χ1n) is 4.05. The summed E-state index contributed by atoms with van der Waals surface area (Å²) in [5, 5.41) is 7.75. The van der Waals surface area contributed by atoms with E-state index < -0.39 is 0 Å². The maximum absolute atomic E-state index is 7.75. The number of allylic oxidation sites excluding steroid dienone is 6. The van der Waals surface area contributed by atoms with E-state index in [1.54, 1.807) is 0 Å². The van der Waals surface area contributed by atoms with Gasteiger partial charge in [0.15, 0.2) is 0 Å². The molecule has 0 aromatic heterocycles. The molecular formula is C10H19NO. The fraction of sp³-hybridized carbons (Fsp3) is 0.400. The summed E-state index contributed by atoms with van der Waals surface area (Å²) in [6.45, 7) is 4.47. The Hall–Kier alpha value is -0.860. The lowest BCUT2D eigenvalue weighted by Gasteiger charge is -1.71. The number of aliphatic hydroxyl groups excluding tert-OH is 1. The summed E-state index contributed by atoms with van der Waals surface area (Å²) in [7, 11) is 0. The Labute approximate surface area is 75.1 Å². The van der Waals surface area contributed by atoms with Gasteiger partial charge in [-0.2, -0.15) is 0 Å². The Bertz CT molecular complexity index is 121. The maximum Gasteiger partial charge on any atom is 0.0553 e. The van der Waals surface area contributed by atoms with Crippen LogP contribution in [0, 0.1) is 0 Å². The van der Waals surface area contributed by atoms with Gasteiger partial charge in [0.05, 0.1) is 6.61 Å². The van der Waals surface area contributed by atoms with Gasteiger partial charge in [-0.15, -0.1) is 0 Å². The van der Waals surface area contributed by atoms with Gasteiger partial charge in [-0.05, 0) is 13.8 Å². The molecule has 12 heavy (non-hydrogen) atoms. The Morgan fingerprint density at radius 1 is 1.00 bits per heavy atom. The van der Waals surface area contributed by atoms with Crippen LogP contribution in [0.3, 0.4) is 0 Å². The molecule has 0 unspecified atom stereocenters. The molecule has 2 nitrogen and oxygen atoms in total. The molecule has 0 fully saturated rings. The van der Waals surface area contributed by atoms with E-state index in [0.29, 0.717) is 6.54 Å². The van der Waals surface area contributed by atoms with Crippen molar-refractivity contribution in [3.8, 4) is 0 Å². The molecule has 0 radical (unpaired) electrons. The van der Waals surface area contributed by atoms with Gasteiger partial charge in [0.2, 0.25) is 0 Å². The van der Waals surface area contributed by atoms with Crippen LogP contribution in [0.15, 0.2) is 36.5 Å². The van der Waals surface area contributed by atoms with Crippen LogP contribution in [0.1, 0.15) is 13.8 Å². The van der Waals surface area contributed by atoms with Crippen LogP contribution in [0.5, 0.6) is 0 Å². The highest BCUT2D eigenvalue weighted by Gasteiger charge is 1.56. The minimum Gasteiger partial charge on any atom is -0.395 e. The molecule has 0 bridgehead atoms. The average molecular weight is 169 g/mol. The molecule has 2 heteroatoms. The second-order valence-electron chi connectivity index (χ2n) is 1.95. The van der Waals surface area contributed by atoms with Crippen molar-refractivity contribution in [1.29, 1.82) is 0 Å². The van der Waals surface area contributed by atoms with Crippen LogP contribution in [0.4, 0.5) is 0 Å². The first-order chi connectivity index (χ1) is 5.83. The van der Waals surface area contributed by atoms with E-state index in [-0.39, 0.29) is 6.61 Å². The van der Waals surface area contributed by atoms with E-state index in [0.717, 1.165) is 0 Å². The van der Waals surface area contributed by atoms with Crippen molar-refractivity contribution in [3.05, 3.63) is 36.5 Å². The van der Waals surface area contributed by atoms with Crippen LogP contribution < -0.4 is 5.73 Å². The molecule has 0 aromatic carbocycles. The molecule has 0 saturated heterocycles. The van der Waals surface area contributed by atoms with Gasteiger partial charge >= 0.3 is 0 Å². The van der Waals surface area contributed by atoms with Crippen molar-refractivity contribution < 1.29 is 5.11 Å². The quantitative estimate of drug-likeness (QED) is 0.631. The van der Waals surface area contributed by atoms with Gasteiger partial charge < -0.3 is 10.8 Å². The summed E-state index contributed by atoms with van der Waals surface area (Å²) < 4.78 is 0. The number of hydrogen-bond donors (Lipinski definition) is 2. The van der Waals surface area contributed by atoms with Crippen molar-refractivity contribution in [1.82, 2.24) is 0 Å². The Morgan fingerprint density at radius 2 is 1.33 bits per heavy atom. The van der Waals surface area contributed by atoms with Gasteiger partial charge in [0.25, 0.3) is 0 Å². The molecule has 0 heterocycles. The largest absolute Gasteiger partial charge is 0.395 e. The lowest BCUT2D eigenvalue weighted by atomic mass is 10.4. The lowest BCUT2D eigenvalue weighted by Crippen LogP contribution is -2.02. The highest BCUT2D eigenvalue weighted by Crippen LogP contribution is 1.77. The minimum absolute atomic E-state index is 0.0972. The van der Waals surface area contributed by atoms with Crippen LogP contribution in [0.25, 0.3) is 0 Å². The van der Waals surface area contributed by atoms with Gasteiger partial charge in [-0.25, -0.2) is 0 Å². The summed E-state index contributed by atoms with van der Waals surface area (Å²) in [6.07, 6.45) is 12.0. The van der Waals surface area contributed by atoms with Gasteiger partial charge in [0.1, 0.15) is 0 Å². The zero-order valence-corrected chi connectivity index (χ0v) is 7.90. The standard InChI is InChI=1S/C8H12.C2H7NO/c1-3-5-7-8-6-4-2;3-1-2-4/h3-8H,1-2H3;4H,1-3H2/b5-3-,6-4+,8-7-;. The van der Waals surface area contributed by atoms with E-state index in [4.69, 9.17) is 10.8 Å². The first kappa shape index (κ1) is 13.7. The molecule has 0 aromatic rings. The summed E-state index contributed by atoms with van der Waals surface area (Å²) in [5.74, 6) is 0. The van der Waals surface area contributed by atoms with Crippen molar-refractivity contribution in [2.24, 2.45) is 5.73 Å². The fourth-order valence-electron chi connectivity index (χ4n) is 0.351. The van der Waals surface area contributed by atoms with Crippen LogP contribution in [-0.4, -0.2) is 18.3 Å². The molecular weight excluding hydrogens is 150 g/mol. The van der Waals surface area contributed by atoms with Crippen molar-refractivity contribution in [2.45, 2.75) is 13.8 Å². The topological polar surface area (TPSA) is 46.2 Å². The average Bonchev–Trinajstić information content (AvgIpc) is 2.13. The number of nitrogens with two attached hydrogens (primary N) is 1. The van der Waals surface area contributed by atoms with E-state index in [1.807, 2.05) is 50.3 Å². The van der Waals surface area contributed by atoms with Gasteiger partial charge in [-0.1, -0.05) is 36.5 Å². The maximum atomic E-state index is 7.75. The Balaban J connectivity index is 0. The first-order valence-corrected chi connectivity index (χ1v) is 4.05. The highest BCUT2D eigenvalue weighted by atomic mass is 16.3. The summed E-state index contributed by atoms with van der Waals surface area (Å²) >= 11 is 0. The Morgan fingerprint density at radius 3 is 1.50 bits per heavy atom. The highest BCUT2D eigenvalue weighted by molar-refractivity contribution is 5.09. The predicted octanol–water partition coefficient (Wildman–Crippen LogP) is 1.63. The third-order valence-electron chi connectivity index (χ3n) is 0.847. The molecule has 0 amide bonds. The number of aliphatic hydroxyl groups is 1. The lowest BCUT2D eigenvalue weighted by molar-refractivity contribution is 0.306. The minimum atomic E-state index is 0.0972. The zero-order chi connectivity index (χ0) is 9.66. The van der Waals surface area contributed by atoms with Crippen molar-refractivity contribution in [3.63, 3.8) is 0 Å². The summed E-state index contributed by atoms with van der Waals surface area (Å²) in [4.78, 5) is 0. The molecule has 0 saturated carbocycles. The van der Waals surface area contributed by atoms with E-state index in [1.165, 1.54) is 0 Å². The predicted molar refractivity (Wildman–Crippen MR) is 54.9 cm³/mol. The number of hydrogen-bond acceptors (Lipinski definition) is 2. The third-order valence-corrected chi connectivity index (χ3v) is 0.847. The third kappa shape index (κ3) is 22.9. The van der Waals surface area contributed by atoms with Gasteiger partial charge in [-0.3, -0.25) is 0 Å². The monoisotopic (exact) mass is 169 g/mol. The summed E-state index contributed by atoms with van der Waals surface area (Å²) in [6, 6.07) is 0. The molecule has 0 rings (SSSR count). The molecule has 0 aliphatic rings. The van der Waals surface area contributed by atoms with Crippen LogP contribution >= 0.6 is 0 Å². The molecule has 70 valence electrons. The Kier molecular flexibility index (Phi) is 19.0. The molecule has 0 atom stereocenters. The fourth-order valence-corrected chi connectivity index (χ4v) is 0.351. The SMILES string of the molecule is C\C=C/C=C\C=C\C.NCCO. The van der Waals surface area contributed by atoms with Crippen molar-refractivity contribution >= 4 is 0 Å². The van der Waals surface area contributed by atoms with Crippen LogP contribution in [-0.2, 0) is 0 Å².